The van der Waals surface area contributed by atoms with Crippen LogP contribution >= 0.6 is 7.26 Å². The molecule has 0 spiro atoms. The van der Waals surface area contributed by atoms with E-state index in [0.29, 0.717) is 24.9 Å². The topological polar surface area (TPSA) is 65.2 Å². The van der Waals surface area contributed by atoms with E-state index in [2.05, 4.69) is 82.9 Å². The minimum absolute atomic E-state index is 0.216. The monoisotopic (exact) mass is 431 g/mol. The highest BCUT2D eigenvalue weighted by atomic mass is 31.2. The molecule has 0 aliphatic carbocycles. The van der Waals surface area contributed by atoms with E-state index in [0.717, 1.165) is 0 Å². The highest BCUT2D eigenvalue weighted by molar-refractivity contribution is 7.95. The number of carbonyl (C=O) groups excluding carboxylic acids is 1. The van der Waals surface area contributed by atoms with Crippen molar-refractivity contribution in [3.63, 3.8) is 0 Å². The Hall–Kier alpha value is -3.30. The molecular weight excluding hydrogens is 407 g/mol. The van der Waals surface area contributed by atoms with Gasteiger partial charge in [-0.05, 0) is 36.4 Å². The SMILES string of the molecule is O=C(CC[P+](c1ccccc1)(c1ccccc1)c1ccccc1)OCCc1ncno1. The zero-order valence-electron chi connectivity index (χ0n) is 17.1. The number of hydrogen-bond acceptors (Lipinski definition) is 5. The molecule has 0 bridgehead atoms. The van der Waals surface area contributed by atoms with Crippen LogP contribution in [0.2, 0.25) is 0 Å². The maximum absolute atomic E-state index is 12.6. The Kier molecular flexibility index (Phi) is 6.85. The lowest BCUT2D eigenvalue weighted by molar-refractivity contribution is -0.143. The summed E-state index contributed by atoms with van der Waals surface area (Å²) < 4.78 is 10.4. The Bertz CT molecular complexity index is 975. The van der Waals surface area contributed by atoms with Crippen molar-refractivity contribution in [3.05, 3.63) is 103 Å². The third-order valence-electron chi connectivity index (χ3n) is 5.23. The first-order chi connectivity index (χ1) is 15.3. The number of rotatable bonds is 9. The Morgan fingerprint density at radius 2 is 1.32 bits per heavy atom. The molecule has 31 heavy (non-hydrogen) atoms. The van der Waals surface area contributed by atoms with Crippen molar-refractivity contribution in [3.8, 4) is 0 Å². The van der Waals surface area contributed by atoms with Gasteiger partial charge in [-0.3, -0.25) is 4.79 Å². The third-order valence-corrected chi connectivity index (χ3v) is 9.66. The fraction of sp³-hybridized carbons (Fsp3) is 0.160. The zero-order chi connectivity index (χ0) is 21.4. The number of esters is 1. The molecule has 1 heterocycles. The van der Waals surface area contributed by atoms with Crippen LogP contribution in [-0.2, 0) is 16.0 Å². The summed E-state index contributed by atoms with van der Waals surface area (Å²) in [5, 5.41) is 7.33. The number of nitrogens with zero attached hydrogens (tertiary/aromatic N) is 2. The van der Waals surface area contributed by atoms with Gasteiger partial charge in [0.15, 0.2) is 6.33 Å². The summed E-state index contributed by atoms with van der Waals surface area (Å²) >= 11 is 0. The van der Waals surface area contributed by atoms with E-state index in [1.807, 2.05) is 18.2 Å². The minimum Gasteiger partial charge on any atom is -0.465 e. The molecule has 6 heteroatoms. The molecule has 3 aromatic carbocycles. The van der Waals surface area contributed by atoms with Gasteiger partial charge in [0.25, 0.3) is 0 Å². The maximum atomic E-state index is 12.6. The van der Waals surface area contributed by atoms with E-state index >= 15 is 0 Å². The first-order valence-corrected chi connectivity index (χ1v) is 12.2. The van der Waals surface area contributed by atoms with Crippen molar-refractivity contribution in [2.45, 2.75) is 12.8 Å². The van der Waals surface area contributed by atoms with Crippen LogP contribution in [0.1, 0.15) is 12.3 Å². The van der Waals surface area contributed by atoms with Crippen molar-refractivity contribution in [2.24, 2.45) is 0 Å². The minimum atomic E-state index is -2.03. The normalized spacial score (nSPS) is 11.2. The van der Waals surface area contributed by atoms with Gasteiger partial charge in [-0.2, -0.15) is 4.98 Å². The second-order valence-electron chi connectivity index (χ2n) is 7.10. The summed E-state index contributed by atoms with van der Waals surface area (Å²) in [6.07, 6.45) is 2.79. The van der Waals surface area contributed by atoms with Crippen molar-refractivity contribution in [2.75, 3.05) is 12.8 Å². The van der Waals surface area contributed by atoms with Crippen LogP contribution in [0.5, 0.6) is 0 Å². The molecule has 0 atom stereocenters. The number of ether oxygens (including phenoxy) is 1. The van der Waals surface area contributed by atoms with E-state index in [9.17, 15) is 4.79 Å². The largest absolute Gasteiger partial charge is 0.465 e. The van der Waals surface area contributed by atoms with Gasteiger partial charge in [0.05, 0.1) is 19.0 Å². The highest BCUT2D eigenvalue weighted by Crippen LogP contribution is 2.55. The lowest BCUT2D eigenvalue weighted by Crippen LogP contribution is -2.34. The fourth-order valence-corrected chi connectivity index (χ4v) is 8.00. The molecule has 0 radical (unpaired) electrons. The Labute approximate surface area is 182 Å². The van der Waals surface area contributed by atoms with Crippen molar-refractivity contribution in [1.82, 2.24) is 10.1 Å². The summed E-state index contributed by atoms with van der Waals surface area (Å²) in [6.45, 7) is 0.231. The second kappa shape index (κ2) is 10.1. The first kappa shape index (κ1) is 21.0. The Balaban J connectivity index is 1.61. The molecular formula is C25H24N2O3P+. The molecule has 5 nitrogen and oxygen atoms in total. The first-order valence-electron chi connectivity index (χ1n) is 10.2. The van der Waals surface area contributed by atoms with E-state index in [-0.39, 0.29) is 12.6 Å². The van der Waals surface area contributed by atoms with Crippen LogP contribution in [0.15, 0.2) is 102 Å². The van der Waals surface area contributed by atoms with Gasteiger partial charge in [-0.1, -0.05) is 59.8 Å². The average molecular weight is 431 g/mol. The highest BCUT2D eigenvalue weighted by Gasteiger charge is 2.45. The molecule has 0 amide bonds. The Morgan fingerprint density at radius 1 is 0.806 bits per heavy atom. The molecule has 4 rings (SSSR count). The van der Waals surface area contributed by atoms with E-state index in [1.54, 1.807) is 0 Å². The summed E-state index contributed by atoms with van der Waals surface area (Å²) in [4.78, 5) is 16.6. The van der Waals surface area contributed by atoms with Gasteiger partial charge in [0.1, 0.15) is 29.8 Å². The standard InChI is InChI=1S/C25H24N2O3P/c28-25(29-18-16-24-26-20-27-30-24)17-19-31(21-10-4-1-5-11-21,22-12-6-2-7-13-22)23-14-8-3-9-15-23/h1-15,20H,16-19H2/q+1. The molecule has 0 saturated carbocycles. The summed E-state index contributed by atoms with van der Waals surface area (Å²) in [7, 11) is -2.03. The zero-order valence-corrected chi connectivity index (χ0v) is 18.0. The van der Waals surface area contributed by atoms with Crippen molar-refractivity contribution >= 4 is 29.1 Å². The van der Waals surface area contributed by atoms with E-state index in [4.69, 9.17) is 9.26 Å². The molecule has 0 N–H and O–H groups in total. The van der Waals surface area contributed by atoms with Crippen molar-refractivity contribution < 1.29 is 14.1 Å². The van der Waals surface area contributed by atoms with Crippen molar-refractivity contribution in [1.29, 1.82) is 0 Å². The molecule has 0 fully saturated rings. The second-order valence-corrected chi connectivity index (χ2v) is 10.7. The number of carbonyl (C=O) groups is 1. The van der Waals surface area contributed by atoms with Crippen LogP contribution in [0.3, 0.4) is 0 Å². The van der Waals surface area contributed by atoms with Crippen LogP contribution in [0, 0.1) is 0 Å². The van der Waals surface area contributed by atoms with Gasteiger partial charge in [-0.15, -0.1) is 0 Å². The summed E-state index contributed by atoms with van der Waals surface area (Å²) in [5.74, 6) is 0.249. The molecule has 0 aliphatic heterocycles. The van der Waals surface area contributed by atoms with E-state index < -0.39 is 7.26 Å². The van der Waals surface area contributed by atoms with Gasteiger partial charge in [-0.25, -0.2) is 0 Å². The van der Waals surface area contributed by atoms with Gasteiger partial charge in [0, 0.05) is 0 Å². The third kappa shape index (κ3) is 4.89. The van der Waals surface area contributed by atoms with E-state index in [1.165, 1.54) is 22.2 Å². The molecule has 4 aromatic rings. The molecule has 0 unspecified atom stereocenters. The quantitative estimate of drug-likeness (QED) is 0.300. The predicted molar refractivity (Wildman–Crippen MR) is 124 cm³/mol. The van der Waals surface area contributed by atoms with Crippen LogP contribution < -0.4 is 15.9 Å². The predicted octanol–water partition coefficient (Wildman–Crippen LogP) is 3.54. The van der Waals surface area contributed by atoms with Gasteiger partial charge < -0.3 is 9.26 Å². The van der Waals surface area contributed by atoms with Crippen LogP contribution in [0.4, 0.5) is 0 Å². The lowest BCUT2D eigenvalue weighted by Gasteiger charge is -2.27. The summed E-state index contributed by atoms with van der Waals surface area (Å²) in [5.41, 5.74) is 0. The van der Waals surface area contributed by atoms with Gasteiger partial charge >= 0.3 is 5.97 Å². The molecule has 0 saturated heterocycles. The number of aromatic nitrogens is 2. The molecule has 0 aliphatic rings. The van der Waals surface area contributed by atoms with Crippen LogP contribution in [-0.4, -0.2) is 28.9 Å². The number of hydrogen-bond donors (Lipinski definition) is 0. The maximum Gasteiger partial charge on any atom is 0.309 e. The smallest absolute Gasteiger partial charge is 0.309 e. The lowest BCUT2D eigenvalue weighted by atomic mass is 10.3. The molecule has 156 valence electrons. The number of benzene rings is 3. The van der Waals surface area contributed by atoms with Gasteiger partial charge in [0.2, 0.25) is 5.89 Å². The molecule has 1 aromatic heterocycles. The summed E-state index contributed by atoms with van der Waals surface area (Å²) in [6, 6.07) is 31.5. The average Bonchev–Trinajstić information content (AvgIpc) is 3.35. The van der Waals surface area contributed by atoms with Crippen LogP contribution in [0.25, 0.3) is 0 Å². The Morgan fingerprint density at radius 3 is 1.77 bits per heavy atom. The fourth-order valence-electron chi connectivity index (χ4n) is 3.77.